The number of nitrogens with one attached hydrogen (secondary N) is 1. The summed E-state index contributed by atoms with van der Waals surface area (Å²) < 4.78 is 1.94. The maximum absolute atomic E-state index is 12.2. The second-order valence-corrected chi connectivity index (χ2v) is 8.43. The molecule has 2 aromatic carbocycles. The number of anilines is 1. The Labute approximate surface area is 202 Å². The average molecular weight is 487 g/mol. The molecule has 1 aromatic heterocycles. The van der Waals surface area contributed by atoms with Gasteiger partial charge in [0.2, 0.25) is 0 Å². The Morgan fingerprint density at radius 2 is 1.91 bits per heavy atom. The first-order valence-corrected chi connectivity index (χ1v) is 12.0. The van der Waals surface area contributed by atoms with Gasteiger partial charge in [-0.2, -0.15) is 5.10 Å². The van der Waals surface area contributed by atoms with Gasteiger partial charge < -0.3 is 14.6 Å². The summed E-state index contributed by atoms with van der Waals surface area (Å²) >= 11 is 7.25. The molecule has 174 valence electrons. The summed E-state index contributed by atoms with van der Waals surface area (Å²) in [6.45, 7) is 8.48. The Balaban J connectivity index is 1.58. The first-order chi connectivity index (χ1) is 16.0. The van der Waals surface area contributed by atoms with Crippen LogP contribution in [0.1, 0.15) is 26.3 Å². The van der Waals surface area contributed by atoms with E-state index in [1.807, 2.05) is 29.7 Å². The summed E-state index contributed by atoms with van der Waals surface area (Å²) in [7, 11) is 0. The highest BCUT2D eigenvalue weighted by molar-refractivity contribution is 7.99. The van der Waals surface area contributed by atoms with Crippen LogP contribution in [0, 0.1) is 0 Å². The second-order valence-electron chi connectivity index (χ2n) is 7.05. The van der Waals surface area contributed by atoms with Crippen molar-refractivity contribution in [3.63, 3.8) is 0 Å². The molecule has 1 amide bonds. The molecule has 0 aliphatic rings. The molecule has 0 radical (unpaired) electrons. The Morgan fingerprint density at radius 1 is 1.18 bits per heavy atom. The molecule has 0 aliphatic heterocycles. The van der Waals surface area contributed by atoms with E-state index >= 15 is 0 Å². The molecule has 0 unspecified atom stereocenters. The molecular weight excluding hydrogens is 460 g/mol. The monoisotopic (exact) mass is 486 g/mol. The lowest BCUT2D eigenvalue weighted by molar-refractivity contribution is -0.118. The third-order valence-electron chi connectivity index (χ3n) is 5.00. The number of carbonyl (C=O) groups excluding carboxylic acids is 1. The molecule has 0 aliphatic carbocycles. The fourth-order valence-electron chi connectivity index (χ4n) is 3.26. The Morgan fingerprint density at radius 3 is 2.55 bits per heavy atom. The van der Waals surface area contributed by atoms with Gasteiger partial charge in [-0.05, 0) is 57.2 Å². The van der Waals surface area contributed by atoms with Gasteiger partial charge in [0.1, 0.15) is 5.75 Å². The second kappa shape index (κ2) is 11.7. The number of hydrogen-bond donors (Lipinski definition) is 2. The topological polar surface area (TPSA) is 95.6 Å². The number of thioether (sulfide) groups is 1. The molecule has 2 N–H and O–H groups in total. The van der Waals surface area contributed by atoms with E-state index in [4.69, 9.17) is 11.6 Å². The van der Waals surface area contributed by atoms with Gasteiger partial charge in [-0.3, -0.25) is 4.79 Å². The average Bonchev–Trinajstić information content (AvgIpc) is 3.23. The lowest BCUT2D eigenvalue weighted by Gasteiger charge is -2.21. The zero-order valence-electron chi connectivity index (χ0n) is 18.8. The summed E-state index contributed by atoms with van der Waals surface area (Å²) in [5, 5.41) is 24.0. The number of hydrazone groups is 1. The molecule has 10 heteroatoms. The molecule has 3 rings (SSSR count). The van der Waals surface area contributed by atoms with Crippen molar-refractivity contribution in [2.45, 2.75) is 32.5 Å². The van der Waals surface area contributed by atoms with Crippen LogP contribution < -0.4 is 10.3 Å². The highest BCUT2D eigenvalue weighted by Crippen LogP contribution is 2.25. The van der Waals surface area contributed by atoms with Crippen LogP contribution in [0.4, 0.5) is 5.69 Å². The number of aromatic hydroxyl groups is 1. The number of nitrogens with zero attached hydrogens (tertiary/aromatic N) is 5. The van der Waals surface area contributed by atoms with Gasteiger partial charge in [-0.25, -0.2) is 5.43 Å². The first kappa shape index (κ1) is 24.6. The van der Waals surface area contributed by atoms with E-state index in [1.54, 1.807) is 24.3 Å². The van der Waals surface area contributed by atoms with Gasteiger partial charge in [-0.15, -0.1) is 10.2 Å². The van der Waals surface area contributed by atoms with Gasteiger partial charge in [0.25, 0.3) is 5.91 Å². The zero-order chi connectivity index (χ0) is 23.8. The molecule has 33 heavy (non-hydrogen) atoms. The van der Waals surface area contributed by atoms with E-state index in [0.29, 0.717) is 22.3 Å². The van der Waals surface area contributed by atoms with E-state index in [9.17, 15) is 9.90 Å². The summed E-state index contributed by atoms with van der Waals surface area (Å²) in [4.78, 5) is 14.4. The molecule has 0 saturated heterocycles. The number of amides is 1. The van der Waals surface area contributed by atoms with Crippen LogP contribution in [0.2, 0.25) is 5.02 Å². The minimum absolute atomic E-state index is 0.109. The van der Waals surface area contributed by atoms with E-state index in [1.165, 1.54) is 18.0 Å². The highest BCUT2D eigenvalue weighted by atomic mass is 35.5. The van der Waals surface area contributed by atoms with Gasteiger partial charge in [0.05, 0.1) is 12.0 Å². The Kier molecular flexibility index (Phi) is 8.73. The van der Waals surface area contributed by atoms with E-state index in [0.717, 1.165) is 30.2 Å². The number of aromatic nitrogens is 3. The normalized spacial score (nSPS) is 11.2. The van der Waals surface area contributed by atoms with E-state index in [2.05, 4.69) is 39.5 Å². The van der Waals surface area contributed by atoms with E-state index in [-0.39, 0.29) is 17.4 Å². The maximum atomic E-state index is 12.2. The number of rotatable bonds is 10. The number of benzene rings is 2. The highest BCUT2D eigenvalue weighted by Gasteiger charge is 2.14. The van der Waals surface area contributed by atoms with Crippen molar-refractivity contribution in [2.75, 3.05) is 23.7 Å². The minimum atomic E-state index is -0.283. The van der Waals surface area contributed by atoms with Crippen molar-refractivity contribution in [2.24, 2.45) is 5.10 Å². The van der Waals surface area contributed by atoms with Crippen molar-refractivity contribution < 1.29 is 9.90 Å². The Hall–Kier alpha value is -3.04. The molecule has 0 fully saturated rings. The lowest BCUT2D eigenvalue weighted by atomic mass is 10.2. The summed E-state index contributed by atoms with van der Waals surface area (Å²) in [5.41, 5.74) is 4.85. The smallest absolute Gasteiger partial charge is 0.250 e. The largest absolute Gasteiger partial charge is 0.507 e. The third kappa shape index (κ3) is 6.27. The number of hydrogen-bond acceptors (Lipinski definition) is 7. The summed E-state index contributed by atoms with van der Waals surface area (Å²) in [6.07, 6.45) is 1.43. The summed E-state index contributed by atoms with van der Waals surface area (Å²) in [5.74, 6) is 0.675. The standard InChI is InChI=1S/C23H27ClN6O2S/c1-4-29(5-2)19-12-9-17(20(31)13-19)14-25-26-21(32)15-33-23-28-27-22(30(23)6-3)16-7-10-18(24)11-8-16/h7-14,31H,4-6,15H2,1-3H3,(H,26,32)/b25-14-. The molecular formula is C23H27ClN6O2S. The Bertz CT molecular complexity index is 1110. The van der Waals surface area contributed by atoms with Crippen LogP contribution in [-0.4, -0.2) is 50.8 Å². The van der Waals surface area contributed by atoms with Crippen LogP contribution in [0.25, 0.3) is 11.4 Å². The van der Waals surface area contributed by atoms with Crippen LogP contribution >= 0.6 is 23.4 Å². The number of carbonyl (C=O) groups is 1. The van der Waals surface area contributed by atoms with Gasteiger partial charge in [0.15, 0.2) is 11.0 Å². The van der Waals surface area contributed by atoms with Crippen molar-refractivity contribution in [1.29, 1.82) is 0 Å². The molecule has 0 spiro atoms. The van der Waals surface area contributed by atoms with Crippen molar-refractivity contribution in [1.82, 2.24) is 20.2 Å². The van der Waals surface area contributed by atoms with Gasteiger partial charge in [0, 0.05) is 47.5 Å². The SMILES string of the molecule is CCN(CC)c1ccc(/C=N\NC(=O)CSc2nnc(-c3ccc(Cl)cc3)n2CC)c(O)c1. The number of phenolic OH excluding ortho intramolecular Hbond substituents is 1. The van der Waals surface area contributed by atoms with Crippen molar-refractivity contribution in [3.8, 4) is 17.1 Å². The lowest BCUT2D eigenvalue weighted by Crippen LogP contribution is -2.21. The fourth-order valence-corrected chi connectivity index (χ4v) is 4.18. The van der Waals surface area contributed by atoms with Crippen LogP contribution in [0.3, 0.4) is 0 Å². The zero-order valence-corrected chi connectivity index (χ0v) is 20.4. The molecule has 8 nitrogen and oxygen atoms in total. The van der Waals surface area contributed by atoms with Crippen LogP contribution in [-0.2, 0) is 11.3 Å². The van der Waals surface area contributed by atoms with Crippen molar-refractivity contribution >= 4 is 41.2 Å². The minimum Gasteiger partial charge on any atom is -0.507 e. The van der Waals surface area contributed by atoms with Crippen LogP contribution in [0.15, 0.2) is 52.7 Å². The van der Waals surface area contributed by atoms with Crippen molar-refractivity contribution in [3.05, 3.63) is 53.1 Å². The molecule has 1 heterocycles. The molecule has 0 bridgehead atoms. The number of phenols is 1. The fraction of sp³-hybridized carbons (Fsp3) is 0.304. The van der Waals surface area contributed by atoms with Crippen LogP contribution in [0.5, 0.6) is 5.75 Å². The van der Waals surface area contributed by atoms with E-state index < -0.39 is 0 Å². The molecule has 0 saturated carbocycles. The quantitative estimate of drug-likeness (QED) is 0.250. The van der Waals surface area contributed by atoms with Gasteiger partial charge >= 0.3 is 0 Å². The predicted octanol–water partition coefficient (Wildman–Crippen LogP) is 4.41. The predicted molar refractivity (Wildman–Crippen MR) is 134 cm³/mol. The molecule has 3 aromatic rings. The third-order valence-corrected chi connectivity index (χ3v) is 6.22. The summed E-state index contributed by atoms with van der Waals surface area (Å²) in [6, 6.07) is 12.8. The number of halogens is 1. The van der Waals surface area contributed by atoms with Gasteiger partial charge in [-0.1, -0.05) is 23.4 Å². The molecule has 0 atom stereocenters. The maximum Gasteiger partial charge on any atom is 0.250 e. The first-order valence-electron chi connectivity index (χ1n) is 10.7.